The first kappa shape index (κ1) is 14.0. The smallest absolute Gasteiger partial charge is 0.269 e. The zero-order valence-electron chi connectivity index (χ0n) is 11.3. The Bertz CT molecular complexity index is 844. The second kappa shape index (κ2) is 5.78. The number of aromatic nitrogens is 2. The van der Waals surface area contributed by atoms with E-state index in [0.717, 1.165) is 11.0 Å². The Hall–Kier alpha value is -3.00. The van der Waals surface area contributed by atoms with Gasteiger partial charge in [-0.05, 0) is 36.5 Å². The highest BCUT2D eigenvalue weighted by Crippen LogP contribution is 2.15. The molecule has 0 aliphatic carbocycles. The fourth-order valence-electron chi connectivity index (χ4n) is 1.98. The number of imidazole rings is 1. The zero-order valence-corrected chi connectivity index (χ0v) is 12.1. The van der Waals surface area contributed by atoms with Crippen molar-refractivity contribution in [1.82, 2.24) is 9.66 Å². The van der Waals surface area contributed by atoms with E-state index in [9.17, 15) is 10.1 Å². The molecular formula is C14H11N5O2S. The lowest BCUT2D eigenvalue weighted by Gasteiger charge is -2.11. The number of thiocarbonyl (C=S) groups is 1. The Morgan fingerprint density at radius 3 is 2.64 bits per heavy atom. The molecule has 0 aliphatic heterocycles. The van der Waals surface area contributed by atoms with Crippen LogP contribution >= 0.6 is 12.2 Å². The number of nitro groups is 1. The number of nitro benzene ring substituents is 1. The number of anilines is 1. The molecule has 2 aromatic carbocycles. The van der Waals surface area contributed by atoms with E-state index in [1.165, 1.54) is 12.1 Å². The van der Waals surface area contributed by atoms with E-state index in [4.69, 9.17) is 12.2 Å². The SMILES string of the molecule is O=[N+]([O-])c1ccc(NC(=S)Nn2cnc3ccccc32)cc1. The molecule has 2 N–H and O–H groups in total. The molecule has 0 radical (unpaired) electrons. The van der Waals surface area contributed by atoms with Crippen molar-refractivity contribution in [1.29, 1.82) is 0 Å². The zero-order chi connectivity index (χ0) is 15.5. The highest BCUT2D eigenvalue weighted by atomic mass is 32.1. The first-order valence-corrected chi connectivity index (χ1v) is 6.79. The average Bonchev–Trinajstić information content (AvgIpc) is 2.91. The van der Waals surface area contributed by atoms with Gasteiger partial charge < -0.3 is 5.32 Å². The first-order chi connectivity index (χ1) is 10.6. The minimum absolute atomic E-state index is 0.0324. The van der Waals surface area contributed by atoms with Gasteiger partial charge in [0.1, 0.15) is 6.33 Å². The van der Waals surface area contributed by atoms with Crippen LogP contribution in [0.15, 0.2) is 54.9 Å². The van der Waals surface area contributed by atoms with E-state index in [1.54, 1.807) is 23.1 Å². The van der Waals surface area contributed by atoms with Gasteiger partial charge in [-0.25, -0.2) is 9.66 Å². The highest BCUT2D eigenvalue weighted by Gasteiger charge is 2.06. The molecule has 0 atom stereocenters. The van der Waals surface area contributed by atoms with Crippen molar-refractivity contribution in [3.63, 3.8) is 0 Å². The molecule has 7 nitrogen and oxygen atoms in total. The Balaban J connectivity index is 1.71. The summed E-state index contributed by atoms with van der Waals surface area (Å²) in [6, 6.07) is 13.7. The van der Waals surface area contributed by atoms with E-state index >= 15 is 0 Å². The second-order valence-corrected chi connectivity index (χ2v) is 4.88. The molecule has 110 valence electrons. The number of non-ortho nitro benzene ring substituents is 1. The number of para-hydroxylation sites is 2. The van der Waals surface area contributed by atoms with Gasteiger partial charge in [0, 0.05) is 17.8 Å². The maximum atomic E-state index is 10.6. The van der Waals surface area contributed by atoms with Crippen LogP contribution in [0.25, 0.3) is 11.0 Å². The largest absolute Gasteiger partial charge is 0.331 e. The van der Waals surface area contributed by atoms with Crippen molar-refractivity contribution in [2.24, 2.45) is 0 Å². The van der Waals surface area contributed by atoms with Crippen molar-refractivity contribution < 1.29 is 4.92 Å². The molecule has 22 heavy (non-hydrogen) atoms. The van der Waals surface area contributed by atoms with Crippen molar-refractivity contribution in [2.45, 2.75) is 0 Å². The maximum Gasteiger partial charge on any atom is 0.269 e. The normalized spacial score (nSPS) is 10.4. The van der Waals surface area contributed by atoms with Crippen molar-refractivity contribution in [3.8, 4) is 0 Å². The lowest BCUT2D eigenvalue weighted by Crippen LogP contribution is -2.26. The van der Waals surface area contributed by atoms with Gasteiger partial charge in [0.25, 0.3) is 5.69 Å². The molecule has 0 saturated carbocycles. The van der Waals surface area contributed by atoms with Gasteiger partial charge in [-0.2, -0.15) is 0 Å². The maximum absolute atomic E-state index is 10.6. The number of hydrogen-bond acceptors (Lipinski definition) is 4. The van der Waals surface area contributed by atoms with E-state index in [2.05, 4.69) is 15.7 Å². The number of rotatable bonds is 3. The fourth-order valence-corrected chi connectivity index (χ4v) is 2.20. The van der Waals surface area contributed by atoms with Crippen LogP contribution in [0, 0.1) is 10.1 Å². The summed E-state index contributed by atoms with van der Waals surface area (Å²) in [7, 11) is 0. The summed E-state index contributed by atoms with van der Waals surface area (Å²) in [6.07, 6.45) is 1.63. The summed E-state index contributed by atoms with van der Waals surface area (Å²) in [5.41, 5.74) is 5.44. The molecule has 0 amide bonds. The predicted molar refractivity (Wildman–Crippen MR) is 88.4 cm³/mol. The molecule has 0 aliphatic rings. The van der Waals surface area contributed by atoms with Crippen molar-refractivity contribution in [2.75, 3.05) is 10.7 Å². The molecule has 0 unspecified atom stereocenters. The summed E-state index contributed by atoms with van der Waals surface area (Å²) >= 11 is 5.23. The van der Waals surface area contributed by atoms with Gasteiger partial charge in [0.2, 0.25) is 0 Å². The monoisotopic (exact) mass is 313 g/mol. The summed E-state index contributed by atoms with van der Waals surface area (Å²) in [5.74, 6) is 0. The Labute approximate surface area is 130 Å². The molecule has 0 fully saturated rings. The third kappa shape index (κ3) is 2.86. The highest BCUT2D eigenvalue weighted by molar-refractivity contribution is 7.80. The molecule has 1 aromatic heterocycles. The lowest BCUT2D eigenvalue weighted by atomic mass is 10.3. The summed E-state index contributed by atoms with van der Waals surface area (Å²) in [6.45, 7) is 0. The Morgan fingerprint density at radius 2 is 1.91 bits per heavy atom. The van der Waals surface area contributed by atoms with Gasteiger partial charge in [-0.1, -0.05) is 12.1 Å². The van der Waals surface area contributed by atoms with Crippen LogP contribution < -0.4 is 10.7 Å². The fraction of sp³-hybridized carbons (Fsp3) is 0. The second-order valence-electron chi connectivity index (χ2n) is 4.47. The van der Waals surface area contributed by atoms with Crippen LogP contribution in [-0.4, -0.2) is 19.7 Å². The van der Waals surface area contributed by atoms with Crippen LogP contribution in [-0.2, 0) is 0 Å². The third-order valence-electron chi connectivity index (χ3n) is 3.01. The molecule has 1 heterocycles. The molecule has 0 bridgehead atoms. The van der Waals surface area contributed by atoms with E-state index in [0.29, 0.717) is 10.8 Å². The molecule has 0 spiro atoms. The number of hydrogen-bond donors (Lipinski definition) is 2. The van der Waals surface area contributed by atoms with E-state index in [1.807, 2.05) is 24.3 Å². The minimum Gasteiger partial charge on any atom is -0.331 e. The quantitative estimate of drug-likeness (QED) is 0.439. The van der Waals surface area contributed by atoms with Gasteiger partial charge in [0.05, 0.1) is 16.0 Å². The van der Waals surface area contributed by atoms with Crippen LogP contribution in [0.5, 0.6) is 0 Å². The van der Waals surface area contributed by atoms with E-state index in [-0.39, 0.29) is 5.69 Å². The average molecular weight is 313 g/mol. The molecule has 8 heteroatoms. The molecule has 0 saturated heterocycles. The minimum atomic E-state index is -0.446. The van der Waals surface area contributed by atoms with Gasteiger partial charge >= 0.3 is 0 Å². The Morgan fingerprint density at radius 1 is 1.18 bits per heavy atom. The predicted octanol–water partition coefficient (Wildman–Crippen LogP) is 2.89. The number of fused-ring (bicyclic) bond motifs is 1. The molecule has 3 aromatic rings. The van der Waals surface area contributed by atoms with Crippen LogP contribution in [0.3, 0.4) is 0 Å². The van der Waals surface area contributed by atoms with Gasteiger partial charge in [-0.3, -0.25) is 15.5 Å². The molecular weight excluding hydrogens is 302 g/mol. The first-order valence-electron chi connectivity index (χ1n) is 6.38. The van der Waals surface area contributed by atoms with Crippen LogP contribution in [0.4, 0.5) is 11.4 Å². The number of benzene rings is 2. The molecule has 3 rings (SSSR count). The van der Waals surface area contributed by atoms with Gasteiger partial charge in [0.15, 0.2) is 5.11 Å². The Kier molecular flexibility index (Phi) is 3.67. The van der Waals surface area contributed by atoms with Crippen molar-refractivity contribution in [3.05, 3.63) is 65.0 Å². The van der Waals surface area contributed by atoms with Crippen LogP contribution in [0.1, 0.15) is 0 Å². The van der Waals surface area contributed by atoms with E-state index < -0.39 is 4.92 Å². The van der Waals surface area contributed by atoms with Crippen LogP contribution in [0.2, 0.25) is 0 Å². The number of nitrogens with zero attached hydrogens (tertiary/aromatic N) is 3. The summed E-state index contributed by atoms with van der Waals surface area (Å²) < 4.78 is 1.70. The standard InChI is InChI=1S/C14H11N5O2S/c20-19(21)11-7-5-10(6-8-11)16-14(22)17-18-9-15-12-3-1-2-4-13(12)18/h1-9H,(H2,16,17,22). The lowest BCUT2D eigenvalue weighted by molar-refractivity contribution is -0.384. The van der Waals surface area contributed by atoms with Crippen molar-refractivity contribution >= 4 is 39.7 Å². The topological polar surface area (TPSA) is 85.0 Å². The summed E-state index contributed by atoms with van der Waals surface area (Å²) in [5, 5.41) is 13.9. The van der Waals surface area contributed by atoms with Gasteiger partial charge in [-0.15, -0.1) is 0 Å². The third-order valence-corrected chi connectivity index (χ3v) is 3.20. The summed E-state index contributed by atoms with van der Waals surface area (Å²) in [4.78, 5) is 14.4. The number of nitrogens with one attached hydrogen (secondary N) is 2.